The molecule has 0 N–H and O–H groups in total. The maximum absolute atomic E-state index is 15.0. The van der Waals surface area contributed by atoms with E-state index in [9.17, 15) is 18.0 Å². The summed E-state index contributed by atoms with van der Waals surface area (Å²) in [6, 6.07) is 6.27. The Balaban J connectivity index is 1.87. The van der Waals surface area contributed by atoms with Crippen LogP contribution in [0.3, 0.4) is 0 Å². The van der Waals surface area contributed by atoms with Crippen LogP contribution in [0.4, 0.5) is 32.4 Å². The number of likely N-dealkylation sites (tertiary alicyclic amines) is 1. The molecule has 36 heavy (non-hydrogen) atoms. The molecule has 1 unspecified atom stereocenters. The lowest BCUT2D eigenvalue weighted by Gasteiger charge is -2.28. The summed E-state index contributed by atoms with van der Waals surface area (Å²) in [7, 11) is 1.27. The molecule has 0 bridgehead atoms. The van der Waals surface area contributed by atoms with Gasteiger partial charge in [-0.15, -0.1) is 4.59 Å². The number of hydrogen-bond acceptors (Lipinski definition) is 3. The number of ether oxygens (including phenoxy) is 1. The van der Waals surface area contributed by atoms with E-state index in [0.29, 0.717) is 21.9 Å². The average Bonchev–Trinajstić information content (AvgIpc) is 2.93. The lowest BCUT2D eigenvalue weighted by atomic mass is 9.98. The molecule has 1 amide bonds. The van der Waals surface area contributed by atoms with Gasteiger partial charge in [-0.2, -0.15) is 8.78 Å². The fourth-order valence-corrected chi connectivity index (χ4v) is 4.62. The first-order valence-corrected chi connectivity index (χ1v) is 11.6. The van der Waals surface area contributed by atoms with E-state index in [0.717, 1.165) is 0 Å². The van der Waals surface area contributed by atoms with Crippen LogP contribution in [0.5, 0.6) is 0 Å². The first kappa shape index (κ1) is 26.1. The number of amides is 1. The molecule has 2 aliphatic rings. The number of benzene rings is 2. The fraction of sp³-hybridized carbons (Fsp3) is 0.360. The van der Waals surface area contributed by atoms with Crippen molar-refractivity contribution in [2.24, 2.45) is 5.10 Å². The maximum atomic E-state index is 15.0. The third kappa shape index (κ3) is 4.48. The van der Waals surface area contributed by atoms with Crippen LogP contribution in [0.25, 0.3) is 5.70 Å². The molecule has 1 atom stereocenters. The molecule has 0 aliphatic carbocycles. The van der Waals surface area contributed by atoms with E-state index in [1.54, 1.807) is 45.0 Å². The number of rotatable bonds is 2. The van der Waals surface area contributed by atoms with Crippen LogP contribution in [-0.2, 0) is 4.74 Å². The molecule has 2 aromatic rings. The highest BCUT2D eigenvalue weighted by molar-refractivity contribution is 6.30. The first-order valence-electron chi connectivity index (χ1n) is 11.2. The van der Waals surface area contributed by atoms with Crippen LogP contribution in [0.1, 0.15) is 39.2 Å². The van der Waals surface area contributed by atoms with Gasteiger partial charge < -0.3 is 9.64 Å². The molecule has 5 nitrogen and oxygen atoms in total. The molecule has 2 aromatic carbocycles. The third-order valence-corrected chi connectivity index (χ3v) is 6.28. The second-order valence-corrected chi connectivity index (χ2v) is 10.2. The van der Waals surface area contributed by atoms with Crippen molar-refractivity contribution in [1.82, 2.24) is 9.49 Å². The van der Waals surface area contributed by atoms with Crippen LogP contribution < -0.4 is 4.59 Å². The lowest BCUT2D eigenvalue weighted by molar-refractivity contribution is 0.0261. The Bertz CT molecular complexity index is 1280. The summed E-state index contributed by atoms with van der Waals surface area (Å²) in [5.41, 5.74) is -0.173. The van der Waals surface area contributed by atoms with Gasteiger partial charge in [0.15, 0.2) is 5.70 Å². The Morgan fingerprint density at radius 2 is 1.47 bits per heavy atom. The highest BCUT2D eigenvalue weighted by Gasteiger charge is 2.49. The van der Waals surface area contributed by atoms with E-state index < -0.39 is 51.1 Å². The maximum Gasteiger partial charge on any atom is 0.410 e. The first-order chi connectivity index (χ1) is 16.7. The van der Waals surface area contributed by atoms with E-state index in [2.05, 4.69) is 5.10 Å². The lowest BCUT2D eigenvalue weighted by Crippen LogP contribution is -2.39. The van der Waals surface area contributed by atoms with Crippen molar-refractivity contribution in [3.63, 3.8) is 0 Å². The number of halogens is 6. The van der Waals surface area contributed by atoms with E-state index in [-0.39, 0.29) is 31.6 Å². The third-order valence-electron chi connectivity index (χ3n) is 6.03. The Hall–Kier alpha value is -2.98. The summed E-state index contributed by atoms with van der Waals surface area (Å²) in [6.45, 7) is 5.64. The van der Waals surface area contributed by atoms with Crippen LogP contribution >= 0.6 is 11.6 Å². The Kier molecular flexibility index (Phi) is 6.63. The van der Waals surface area contributed by atoms with Gasteiger partial charge in [0.1, 0.15) is 18.4 Å². The molecule has 192 valence electrons. The van der Waals surface area contributed by atoms with Crippen LogP contribution in [0.15, 0.2) is 34.9 Å². The normalized spacial score (nSPS) is 20.3. The van der Waals surface area contributed by atoms with E-state index in [1.807, 2.05) is 0 Å². The van der Waals surface area contributed by atoms with Crippen molar-refractivity contribution >= 4 is 34.8 Å². The molecular formula is C25H24ClF5N3O2+. The molecule has 2 aliphatic heterocycles. The van der Waals surface area contributed by atoms with Crippen molar-refractivity contribution < 1.29 is 31.5 Å². The van der Waals surface area contributed by atoms with Gasteiger partial charge in [0, 0.05) is 35.7 Å². The minimum atomic E-state index is -2.24. The summed E-state index contributed by atoms with van der Waals surface area (Å²) in [5.74, 6) is -10.3. The number of quaternary nitrogens is 1. The summed E-state index contributed by atoms with van der Waals surface area (Å²) < 4.78 is 76.7. The minimum absolute atomic E-state index is 0.189. The van der Waals surface area contributed by atoms with Gasteiger partial charge in [0.2, 0.25) is 34.8 Å². The predicted molar refractivity (Wildman–Crippen MR) is 127 cm³/mol. The van der Waals surface area contributed by atoms with E-state index in [1.165, 1.54) is 11.9 Å². The van der Waals surface area contributed by atoms with Crippen LogP contribution in [-0.4, -0.2) is 42.4 Å². The zero-order valence-corrected chi connectivity index (χ0v) is 20.8. The Morgan fingerprint density at radius 1 is 0.944 bits per heavy atom. The molecule has 4 rings (SSSR count). The Labute approximate surface area is 210 Å². The SMILES string of the molecule is CC(C)(C)OC(=O)N1CCC2=N[N+](C)(c3c(F)c(F)c(F)c(F)c3F)C(c3ccc(Cl)cc3)=C2CC1. The summed E-state index contributed by atoms with van der Waals surface area (Å²) in [5, 5.41) is 4.88. The van der Waals surface area contributed by atoms with E-state index in [4.69, 9.17) is 16.3 Å². The van der Waals surface area contributed by atoms with Gasteiger partial charge in [-0.3, -0.25) is 0 Å². The summed E-state index contributed by atoms with van der Waals surface area (Å²) in [6.07, 6.45) is -0.109. The molecule has 1 fully saturated rings. The van der Waals surface area contributed by atoms with Gasteiger partial charge in [-0.25, -0.2) is 18.0 Å². The van der Waals surface area contributed by atoms with Crippen LogP contribution in [0, 0.1) is 29.1 Å². The molecule has 11 heteroatoms. The standard InChI is InChI=1S/C25H24ClF5N3O2/c1-25(2,3)36-24(35)33-11-9-15-16(10-12-33)32-34(4,22(15)13-5-7-14(26)8-6-13)23-20(30)18(28)17(27)19(29)21(23)31/h5-8H,9-12H2,1-4H3/q+1. The summed E-state index contributed by atoms with van der Waals surface area (Å²) >= 11 is 6.02. The second kappa shape index (κ2) is 9.15. The predicted octanol–water partition coefficient (Wildman–Crippen LogP) is 6.78. The number of carbonyl (C=O) groups excluding carboxylic acids is 1. The second-order valence-electron chi connectivity index (χ2n) is 9.73. The average molecular weight is 529 g/mol. The zero-order chi connectivity index (χ0) is 26.6. The highest BCUT2D eigenvalue weighted by atomic mass is 35.5. The molecule has 0 radical (unpaired) electrons. The zero-order valence-electron chi connectivity index (χ0n) is 20.1. The van der Waals surface area contributed by atoms with Crippen molar-refractivity contribution in [2.45, 2.75) is 39.2 Å². The highest BCUT2D eigenvalue weighted by Crippen LogP contribution is 2.46. The van der Waals surface area contributed by atoms with Crippen molar-refractivity contribution in [2.75, 3.05) is 20.1 Å². The molecule has 2 heterocycles. The van der Waals surface area contributed by atoms with E-state index >= 15 is 8.78 Å². The monoisotopic (exact) mass is 528 g/mol. The van der Waals surface area contributed by atoms with Gasteiger partial charge in [0.05, 0.1) is 0 Å². The van der Waals surface area contributed by atoms with Crippen molar-refractivity contribution in [1.29, 1.82) is 0 Å². The van der Waals surface area contributed by atoms with Gasteiger partial charge in [-0.1, -0.05) is 16.7 Å². The topological polar surface area (TPSA) is 41.9 Å². The number of carbonyl (C=O) groups is 1. The number of hydrogen-bond donors (Lipinski definition) is 0. The summed E-state index contributed by atoms with van der Waals surface area (Å²) in [4.78, 5) is 14.1. The molecule has 0 aromatic heterocycles. The van der Waals surface area contributed by atoms with Crippen molar-refractivity contribution in [3.05, 3.63) is 69.5 Å². The smallest absolute Gasteiger partial charge is 0.410 e. The molecular weight excluding hydrogens is 505 g/mol. The quantitative estimate of drug-likeness (QED) is 0.186. The molecule has 1 saturated heterocycles. The fourth-order valence-electron chi connectivity index (χ4n) is 4.49. The largest absolute Gasteiger partial charge is 0.444 e. The number of fused-ring (bicyclic) bond motifs is 1. The van der Waals surface area contributed by atoms with Crippen LogP contribution in [0.2, 0.25) is 5.02 Å². The minimum Gasteiger partial charge on any atom is -0.444 e. The molecule has 0 saturated carbocycles. The Morgan fingerprint density at radius 3 is 2.03 bits per heavy atom. The number of nitrogens with zero attached hydrogens (tertiary/aromatic N) is 3. The van der Waals surface area contributed by atoms with Gasteiger partial charge in [0.25, 0.3) is 0 Å². The van der Waals surface area contributed by atoms with Gasteiger partial charge in [-0.05, 0) is 51.5 Å². The van der Waals surface area contributed by atoms with Gasteiger partial charge >= 0.3 is 6.09 Å². The molecule has 0 spiro atoms. The van der Waals surface area contributed by atoms with Crippen molar-refractivity contribution in [3.8, 4) is 0 Å².